The lowest BCUT2D eigenvalue weighted by Gasteiger charge is -2.18. The fourth-order valence-corrected chi connectivity index (χ4v) is 2.18. The van der Waals surface area contributed by atoms with Crippen molar-refractivity contribution < 1.29 is 18.7 Å². The number of carbonyl (C=O) groups excluding carboxylic acids is 2. The molecule has 0 radical (unpaired) electrons. The zero-order valence-corrected chi connectivity index (χ0v) is 10.8. The Balaban J connectivity index is 2.18. The number of rotatable bonds is 4. The fourth-order valence-electron chi connectivity index (χ4n) is 2.18. The van der Waals surface area contributed by atoms with Crippen LogP contribution in [-0.2, 0) is 9.53 Å². The average Bonchev–Trinajstić information content (AvgIpc) is 2.91. The van der Waals surface area contributed by atoms with Gasteiger partial charge in [0.15, 0.2) is 0 Å². The summed E-state index contributed by atoms with van der Waals surface area (Å²) >= 11 is 0. The van der Waals surface area contributed by atoms with Crippen LogP contribution in [0.15, 0.2) is 18.2 Å². The quantitative estimate of drug-likeness (QED) is 0.475. The van der Waals surface area contributed by atoms with Gasteiger partial charge in [-0.3, -0.25) is 4.79 Å². The van der Waals surface area contributed by atoms with Crippen LogP contribution in [0.25, 0.3) is 0 Å². The summed E-state index contributed by atoms with van der Waals surface area (Å²) in [7, 11) is 0. The molecule has 0 saturated carbocycles. The second-order valence-corrected chi connectivity index (χ2v) is 4.41. The Labute approximate surface area is 111 Å². The van der Waals surface area contributed by atoms with Gasteiger partial charge in [0.1, 0.15) is 5.82 Å². The van der Waals surface area contributed by atoms with Gasteiger partial charge in [0.2, 0.25) is 0 Å². The molecule has 0 aromatic heterocycles. The van der Waals surface area contributed by atoms with Crippen LogP contribution < -0.4 is 4.90 Å². The fraction of sp³-hybridized carbons (Fsp3) is 0.429. The van der Waals surface area contributed by atoms with E-state index in [9.17, 15) is 14.0 Å². The SMILES string of the molecule is CCOC(=O)C(=O)c1ccc(N2CCCC2)c(F)c1. The maximum absolute atomic E-state index is 14.0. The van der Waals surface area contributed by atoms with Crippen LogP contribution in [0, 0.1) is 5.82 Å². The van der Waals surface area contributed by atoms with E-state index in [1.165, 1.54) is 6.07 Å². The first-order chi connectivity index (χ1) is 9.13. The van der Waals surface area contributed by atoms with E-state index in [-0.39, 0.29) is 12.2 Å². The van der Waals surface area contributed by atoms with E-state index in [0.29, 0.717) is 5.69 Å². The summed E-state index contributed by atoms with van der Waals surface area (Å²) in [6, 6.07) is 4.12. The first kappa shape index (κ1) is 13.5. The van der Waals surface area contributed by atoms with Crippen LogP contribution in [0.2, 0.25) is 0 Å². The van der Waals surface area contributed by atoms with Crippen LogP contribution in [0.5, 0.6) is 0 Å². The number of ether oxygens (including phenoxy) is 1. The van der Waals surface area contributed by atoms with Gasteiger partial charge in [-0.15, -0.1) is 0 Å². The standard InChI is InChI=1S/C14H16FNO3/c1-2-19-14(18)13(17)10-5-6-12(11(15)9-10)16-7-3-4-8-16/h5-6,9H,2-4,7-8H2,1H3. The number of hydrogen-bond donors (Lipinski definition) is 0. The highest BCUT2D eigenvalue weighted by Crippen LogP contribution is 2.24. The van der Waals surface area contributed by atoms with Gasteiger partial charge in [0, 0.05) is 18.7 Å². The first-order valence-electron chi connectivity index (χ1n) is 6.39. The van der Waals surface area contributed by atoms with Gasteiger partial charge in [-0.25, -0.2) is 9.18 Å². The van der Waals surface area contributed by atoms with E-state index < -0.39 is 17.6 Å². The molecule has 0 spiro atoms. The third-order valence-electron chi connectivity index (χ3n) is 3.12. The molecule has 0 amide bonds. The lowest BCUT2D eigenvalue weighted by Crippen LogP contribution is -2.20. The van der Waals surface area contributed by atoms with Gasteiger partial charge in [0.25, 0.3) is 5.78 Å². The molecule has 1 aliphatic heterocycles. The Bertz CT molecular complexity index is 495. The smallest absolute Gasteiger partial charge is 0.379 e. The van der Waals surface area contributed by atoms with Crippen molar-refractivity contribution in [3.8, 4) is 0 Å². The highest BCUT2D eigenvalue weighted by Gasteiger charge is 2.21. The summed E-state index contributed by atoms with van der Waals surface area (Å²) in [6.45, 7) is 3.38. The Kier molecular flexibility index (Phi) is 4.14. The number of anilines is 1. The zero-order chi connectivity index (χ0) is 13.8. The van der Waals surface area contributed by atoms with Crippen LogP contribution in [0.1, 0.15) is 30.1 Å². The van der Waals surface area contributed by atoms with Gasteiger partial charge in [-0.2, -0.15) is 0 Å². The van der Waals surface area contributed by atoms with Crippen molar-refractivity contribution in [1.82, 2.24) is 0 Å². The molecule has 1 aliphatic rings. The number of hydrogen-bond acceptors (Lipinski definition) is 4. The number of nitrogens with zero attached hydrogens (tertiary/aromatic N) is 1. The van der Waals surface area contributed by atoms with Crippen LogP contribution >= 0.6 is 0 Å². The molecule has 102 valence electrons. The van der Waals surface area contributed by atoms with Crippen molar-refractivity contribution in [3.63, 3.8) is 0 Å². The molecule has 1 aromatic carbocycles. The molecule has 0 unspecified atom stereocenters. The Morgan fingerprint density at radius 2 is 2.00 bits per heavy atom. The van der Waals surface area contributed by atoms with Crippen molar-refractivity contribution in [2.75, 3.05) is 24.6 Å². The molecule has 4 nitrogen and oxygen atoms in total. The molecule has 0 aliphatic carbocycles. The summed E-state index contributed by atoms with van der Waals surface area (Å²) < 4.78 is 18.6. The van der Waals surface area contributed by atoms with E-state index in [0.717, 1.165) is 32.0 Å². The van der Waals surface area contributed by atoms with Crippen molar-refractivity contribution in [1.29, 1.82) is 0 Å². The van der Waals surface area contributed by atoms with E-state index in [1.807, 2.05) is 4.90 Å². The third kappa shape index (κ3) is 2.92. The lowest BCUT2D eigenvalue weighted by molar-refractivity contribution is -0.137. The highest BCUT2D eigenvalue weighted by atomic mass is 19.1. The van der Waals surface area contributed by atoms with E-state index >= 15 is 0 Å². The molecule has 19 heavy (non-hydrogen) atoms. The summed E-state index contributed by atoms with van der Waals surface area (Å²) in [5, 5.41) is 0. The largest absolute Gasteiger partial charge is 0.460 e. The molecule has 1 aromatic rings. The monoisotopic (exact) mass is 265 g/mol. The van der Waals surface area contributed by atoms with Crippen LogP contribution in [0.4, 0.5) is 10.1 Å². The van der Waals surface area contributed by atoms with Crippen LogP contribution in [0.3, 0.4) is 0 Å². The summed E-state index contributed by atoms with van der Waals surface area (Å²) in [4.78, 5) is 24.9. The molecule has 1 fully saturated rings. The molecule has 1 heterocycles. The van der Waals surface area contributed by atoms with Crippen molar-refractivity contribution in [2.24, 2.45) is 0 Å². The molecule has 1 saturated heterocycles. The zero-order valence-electron chi connectivity index (χ0n) is 10.8. The maximum Gasteiger partial charge on any atom is 0.379 e. The molecule has 0 atom stereocenters. The predicted molar refractivity (Wildman–Crippen MR) is 68.8 cm³/mol. The van der Waals surface area contributed by atoms with Gasteiger partial charge < -0.3 is 9.64 Å². The lowest BCUT2D eigenvalue weighted by atomic mass is 10.1. The Morgan fingerprint density at radius 1 is 1.32 bits per heavy atom. The Hall–Kier alpha value is -1.91. The Morgan fingerprint density at radius 3 is 2.58 bits per heavy atom. The molecule has 0 bridgehead atoms. The normalized spacial score (nSPS) is 14.5. The number of carbonyl (C=O) groups is 2. The summed E-state index contributed by atoms with van der Waals surface area (Å²) in [6.07, 6.45) is 2.09. The van der Waals surface area contributed by atoms with Crippen molar-refractivity contribution >= 4 is 17.4 Å². The topological polar surface area (TPSA) is 46.6 Å². The summed E-state index contributed by atoms with van der Waals surface area (Å²) in [5.74, 6) is -2.23. The van der Waals surface area contributed by atoms with Gasteiger partial charge in [-0.1, -0.05) is 0 Å². The number of halogens is 1. The number of benzene rings is 1. The second-order valence-electron chi connectivity index (χ2n) is 4.41. The van der Waals surface area contributed by atoms with Crippen LogP contribution in [-0.4, -0.2) is 31.4 Å². The summed E-state index contributed by atoms with van der Waals surface area (Å²) in [5.41, 5.74) is 0.511. The van der Waals surface area contributed by atoms with E-state index in [4.69, 9.17) is 0 Å². The van der Waals surface area contributed by atoms with Gasteiger partial charge in [-0.05, 0) is 38.0 Å². The maximum atomic E-state index is 14.0. The molecule has 2 rings (SSSR count). The van der Waals surface area contributed by atoms with Gasteiger partial charge in [0.05, 0.1) is 12.3 Å². The molecular weight excluding hydrogens is 249 g/mol. The highest BCUT2D eigenvalue weighted by molar-refractivity contribution is 6.40. The molecule has 5 heteroatoms. The minimum Gasteiger partial charge on any atom is -0.460 e. The van der Waals surface area contributed by atoms with E-state index in [1.54, 1.807) is 13.0 Å². The number of esters is 1. The second kappa shape index (κ2) is 5.82. The number of ketones is 1. The average molecular weight is 265 g/mol. The molecule has 0 N–H and O–H groups in total. The van der Waals surface area contributed by atoms with Gasteiger partial charge >= 0.3 is 5.97 Å². The minimum atomic E-state index is -0.948. The third-order valence-corrected chi connectivity index (χ3v) is 3.12. The van der Waals surface area contributed by atoms with E-state index in [2.05, 4.69) is 4.74 Å². The first-order valence-corrected chi connectivity index (χ1v) is 6.39. The van der Waals surface area contributed by atoms with Crippen molar-refractivity contribution in [2.45, 2.75) is 19.8 Å². The minimum absolute atomic E-state index is 0.0268. The van der Waals surface area contributed by atoms with Crippen molar-refractivity contribution in [3.05, 3.63) is 29.6 Å². The predicted octanol–water partition coefficient (Wildman–Crippen LogP) is 2.17. The molecular formula is C14H16FNO3. The number of Topliss-reactive ketones (excluding diaryl/α,β-unsaturated/α-hetero) is 1.